The van der Waals surface area contributed by atoms with Gasteiger partial charge >= 0.3 is 6.18 Å². The van der Waals surface area contributed by atoms with E-state index in [9.17, 15) is 18.0 Å². The first-order chi connectivity index (χ1) is 14.2. The van der Waals surface area contributed by atoms with Crippen LogP contribution in [0.15, 0.2) is 55.0 Å². The predicted octanol–water partition coefficient (Wildman–Crippen LogP) is 4.63. The van der Waals surface area contributed by atoms with Gasteiger partial charge in [-0.2, -0.15) is 13.2 Å². The minimum atomic E-state index is -4.42. The molecule has 1 aromatic heterocycles. The fourth-order valence-corrected chi connectivity index (χ4v) is 3.70. The SMILES string of the molecule is Cn1cnc(-c2cc(C3(C)CCNC3=O)ccc2Nc2cccc(C(F)(F)F)c2)c1. The number of hydrogen-bond acceptors (Lipinski definition) is 3. The van der Waals surface area contributed by atoms with Crippen molar-refractivity contribution < 1.29 is 18.0 Å². The Hall–Kier alpha value is -3.29. The lowest BCUT2D eigenvalue weighted by atomic mass is 9.80. The largest absolute Gasteiger partial charge is 0.416 e. The summed E-state index contributed by atoms with van der Waals surface area (Å²) in [5.74, 6) is -0.0342. The molecular formula is C22H21F3N4O. The lowest BCUT2D eigenvalue weighted by Gasteiger charge is -2.23. The fraction of sp³-hybridized carbons (Fsp3) is 0.273. The van der Waals surface area contributed by atoms with Crippen LogP contribution in [0.25, 0.3) is 11.3 Å². The molecule has 3 aromatic rings. The number of rotatable bonds is 4. The van der Waals surface area contributed by atoms with Crippen LogP contribution in [-0.4, -0.2) is 22.0 Å². The summed E-state index contributed by atoms with van der Waals surface area (Å²) in [5, 5.41) is 5.95. The van der Waals surface area contributed by atoms with Crippen LogP contribution >= 0.6 is 0 Å². The van der Waals surface area contributed by atoms with Gasteiger partial charge in [-0.25, -0.2) is 4.98 Å². The quantitative estimate of drug-likeness (QED) is 0.655. The molecule has 0 aliphatic carbocycles. The molecule has 0 saturated carbocycles. The first kappa shape index (κ1) is 20.0. The molecule has 156 valence electrons. The first-order valence-electron chi connectivity index (χ1n) is 9.52. The van der Waals surface area contributed by atoms with Crippen LogP contribution in [0.3, 0.4) is 0 Å². The molecule has 1 unspecified atom stereocenters. The molecule has 1 fully saturated rings. The number of nitrogens with zero attached hydrogens (tertiary/aromatic N) is 2. The van der Waals surface area contributed by atoms with Crippen LogP contribution in [0, 0.1) is 0 Å². The molecule has 2 aromatic carbocycles. The molecule has 0 radical (unpaired) electrons. The van der Waals surface area contributed by atoms with Gasteiger partial charge in [-0.3, -0.25) is 4.79 Å². The van der Waals surface area contributed by atoms with E-state index in [1.807, 2.05) is 32.3 Å². The van der Waals surface area contributed by atoms with Crippen molar-refractivity contribution >= 4 is 17.3 Å². The van der Waals surface area contributed by atoms with E-state index in [1.54, 1.807) is 23.0 Å². The van der Waals surface area contributed by atoms with E-state index in [4.69, 9.17) is 0 Å². The number of aromatic nitrogens is 2. The topological polar surface area (TPSA) is 59.0 Å². The van der Waals surface area contributed by atoms with Crippen molar-refractivity contribution in [2.75, 3.05) is 11.9 Å². The third-order valence-electron chi connectivity index (χ3n) is 5.52. The van der Waals surface area contributed by atoms with Crippen LogP contribution in [-0.2, 0) is 23.4 Å². The third-order valence-corrected chi connectivity index (χ3v) is 5.52. The Morgan fingerprint density at radius 2 is 2.00 bits per heavy atom. The smallest absolute Gasteiger partial charge is 0.355 e. The van der Waals surface area contributed by atoms with Gasteiger partial charge in [-0.15, -0.1) is 0 Å². The van der Waals surface area contributed by atoms with Crippen molar-refractivity contribution in [1.29, 1.82) is 0 Å². The number of hydrogen-bond donors (Lipinski definition) is 2. The van der Waals surface area contributed by atoms with Gasteiger partial charge in [0.1, 0.15) is 0 Å². The number of carbonyl (C=O) groups excluding carboxylic acids is 1. The number of nitrogens with one attached hydrogen (secondary N) is 2. The van der Waals surface area contributed by atoms with Crippen LogP contribution in [0.2, 0.25) is 0 Å². The van der Waals surface area contributed by atoms with Gasteiger partial charge in [0.2, 0.25) is 5.91 Å². The van der Waals surface area contributed by atoms with E-state index in [0.29, 0.717) is 35.6 Å². The summed E-state index contributed by atoms with van der Waals surface area (Å²) >= 11 is 0. The molecule has 0 bridgehead atoms. The number of benzene rings is 2. The summed E-state index contributed by atoms with van der Waals surface area (Å²) in [6.45, 7) is 2.51. The highest BCUT2D eigenvalue weighted by molar-refractivity contribution is 5.91. The van der Waals surface area contributed by atoms with Crippen molar-refractivity contribution in [2.24, 2.45) is 7.05 Å². The number of amides is 1. The van der Waals surface area contributed by atoms with Gasteiger partial charge in [0.25, 0.3) is 0 Å². The molecule has 0 spiro atoms. The number of halogens is 3. The van der Waals surface area contributed by atoms with Crippen molar-refractivity contribution in [1.82, 2.24) is 14.9 Å². The number of anilines is 2. The highest BCUT2D eigenvalue weighted by Crippen LogP contribution is 2.38. The normalized spacial score (nSPS) is 19.0. The lowest BCUT2D eigenvalue weighted by molar-refractivity contribution is -0.137. The molecule has 2 N–H and O–H groups in total. The average Bonchev–Trinajstić information content (AvgIpc) is 3.28. The monoisotopic (exact) mass is 414 g/mol. The Kier molecular flexibility index (Phi) is 4.80. The molecular weight excluding hydrogens is 393 g/mol. The van der Waals surface area contributed by atoms with Crippen LogP contribution in [0.1, 0.15) is 24.5 Å². The van der Waals surface area contributed by atoms with Crippen molar-refractivity contribution in [3.8, 4) is 11.3 Å². The second-order valence-corrected chi connectivity index (χ2v) is 7.73. The highest BCUT2D eigenvalue weighted by Gasteiger charge is 2.39. The summed E-state index contributed by atoms with van der Waals surface area (Å²) in [6, 6.07) is 10.6. The highest BCUT2D eigenvalue weighted by atomic mass is 19.4. The summed E-state index contributed by atoms with van der Waals surface area (Å²) in [7, 11) is 1.84. The molecule has 4 rings (SSSR count). The lowest BCUT2D eigenvalue weighted by Crippen LogP contribution is -2.32. The summed E-state index contributed by atoms with van der Waals surface area (Å²) in [5.41, 5.74) is 1.77. The molecule has 30 heavy (non-hydrogen) atoms. The van der Waals surface area contributed by atoms with Gasteiger partial charge < -0.3 is 15.2 Å². The van der Waals surface area contributed by atoms with Gasteiger partial charge in [0.15, 0.2) is 0 Å². The zero-order valence-corrected chi connectivity index (χ0v) is 16.5. The molecule has 5 nitrogen and oxygen atoms in total. The average molecular weight is 414 g/mol. The minimum absolute atomic E-state index is 0.0342. The molecule has 1 atom stereocenters. The van der Waals surface area contributed by atoms with Crippen molar-refractivity contribution in [3.63, 3.8) is 0 Å². The molecule has 1 saturated heterocycles. The maximum Gasteiger partial charge on any atom is 0.416 e. The van der Waals surface area contributed by atoms with Gasteiger partial charge in [0.05, 0.1) is 23.0 Å². The number of alkyl halides is 3. The number of carbonyl (C=O) groups is 1. The van der Waals surface area contributed by atoms with Crippen LogP contribution in [0.5, 0.6) is 0 Å². The van der Waals surface area contributed by atoms with E-state index in [2.05, 4.69) is 15.6 Å². The van der Waals surface area contributed by atoms with Crippen molar-refractivity contribution in [3.05, 3.63) is 66.1 Å². The zero-order chi connectivity index (χ0) is 21.5. The van der Waals surface area contributed by atoms with E-state index in [0.717, 1.165) is 17.7 Å². The Morgan fingerprint density at radius 1 is 1.20 bits per heavy atom. The molecule has 1 amide bonds. The van der Waals surface area contributed by atoms with Gasteiger partial charge in [0, 0.05) is 36.7 Å². The Morgan fingerprint density at radius 3 is 2.63 bits per heavy atom. The standard InChI is InChI=1S/C22H21F3N4O/c1-21(8-9-26-20(21)30)14-6-7-18(17(11-14)19-12-29(2)13-27-19)28-16-5-3-4-15(10-16)22(23,24)25/h3-7,10-13,28H,8-9H2,1-2H3,(H,26,30). The Balaban J connectivity index is 1.77. The zero-order valence-electron chi connectivity index (χ0n) is 16.5. The second kappa shape index (κ2) is 7.19. The minimum Gasteiger partial charge on any atom is -0.355 e. The van der Waals surface area contributed by atoms with Gasteiger partial charge in [-0.1, -0.05) is 12.1 Å². The number of aryl methyl sites for hydroxylation is 1. The molecule has 1 aliphatic rings. The second-order valence-electron chi connectivity index (χ2n) is 7.73. The maximum atomic E-state index is 13.1. The number of imidazole rings is 1. The Labute approximate surface area is 171 Å². The molecule has 2 heterocycles. The van der Waals surface area contributed by atoms with Crippen LogP contribution in [0.4, 0.5) is 24.5 Å². The predicted molar refractivity (Wildman–Crippen MR) is 108 cm³/mol. The van der Waals surface area contributed by atoms with E-state index >= 15 is 0 Å². The summed E-state index contributed by atoms with van der Waals surface area (Å²) in [4.78, 5) is 16.8. The fourth-order valence-electron chi connectivity index (χ4n) is 3.70. The molecule has 1 aliphatic heterocycles. The Bertz CT molecular complexity index is 1110. The third kappa shape index (κ3) is 3.65. The van der Waals surface area contributed by atoms with E-state index < -0.39 is 17.2 Å². The maximum absolute atomic E-state index is 13.1. The van der Waals surface area contributed by atoms with E-state index in [-0.39, 0.29) is 5.91 Å². The van der Waals surface area contributed by atoms with Gasteiger partial charge in [-0.05, 0) is 49.2 Å². The van der Waals surface area contributed by atoms with Crippen LogP contribution < -0.4 is 10.6 Å². The summed E-state index contributed by atoms with van der Waals surface area (Å²) < 4.78 is 41.0. The first-order valence-corrected chi connectivity index (χ1v) is 9.52. The van der Waals surface area contributed by atoms with E-state index in [1.165, 1.54) is 6.07 Å². The van der Waals surface area contributed by atoms with Crippen molar-refractivity contribution in [2.45, 2.75) is 24.9 Å². The summed E-state index contributed by atoms with van der Waals surface area (Å²) in [6.07, 6.45) is -0.267. The molecule has 8 heteroatoms.